The predicted molar refractivity (Wildman–Crippen MR) is 83.2 cm³/mol. The number of rotatable bonds is 7. The van der Waals surface area contributed by atoms with E-state index < -0.39 is 11.7 Å². The van der Waals surface area contributed by atoms with E-state index in [2.05, 4.69) is 31.3 Å². The van der Waals surface area contributed by atoms with E-state index in [1.807, 2.05) is 12.1 Å². The lowest BCUT2D eigenvalue weighted by Gasteiger charge is -2.22. The number of nitrogens with one attached hydrogen (secondary N) is 1. The quantitative estimate of drug-likeness (QED) is 0.715. The molecule has 1 aromatic carbocycles. The maximum atomic E-state index is 10.2. The molecule has 1 aliphatic heterocycles. The molecule has 2 rings (SSSR count). The summed E-state index contributed by atoms with van der Waals surface area (Å²) < 4.78 is 5.19. The maximum Gasteiger partial charge on any atom is 0.102 e. The average Bonchev–Trinajstić information content (AvgIpc) is 2.86. The molecule has 0 aliphatic carbocycles. The van der Waals surface area contributed by atoms with Crippen LogP contribution in [-0.4, -0.2) is 42.1 Å². The van der Waals surface area contributed by atoms with Crippen LogP contribution >= 0.6 is 0 Å². The highest BCUT2D eigenvalue weighted by Gasteiger charge is 2.31. The molecule has 1 fully saturated rings. The molecule has 0 bridgehead atoms. The first kappa shape index (κ1) is 16.4. The van der Waals surface area contributed by atoms with Crippen LogP contribution in [0.2, 0.25) is 0 Å². The second-order valence-electron chi connectivity index (χ2n) is 6.51. The van der Waals surface area contributed by atoms with Gasteiger partial charge >= 0.3 is 0 Å². The fraction of sp³-hybridized carbons (Fsp3) is 0.647. The third kappa shape index (κ3) is 5.08. The van der Waals surface area contributed by atoms with E-state index in [9.17, 15) is 10.2 Å². The van der Waals surface area contributed by atoms with Crippen molar-refractivity contribution >= 4 is 0 Å². The van der Waals surface area contributed by atoms with Crippen LogP contribution in [0, 0.1) is 5.92 Å². The van der Waals surface area contributed by atoms with Crippen molar-refractivity contribution in [2.75, 3.05) is 26.3 Å². The van der Waals surface area contributed by atoms with E-state index in [1.54, 1.807) is 0 Å². The van der Waals surface area contributed by atoms with Crippen LogP contribution < -0.4 is 5.32 Å². The van der Waals surface area contributed by atoms with Gasteiger partial charge in [-0.25, -0.2) is 0 Å². The van der Waals surface area contributed by atoms with Crippen LogP contribution in [0.4, 0.5) is 0 Å². The summed E-state index contributed by atoms with van der Waals surface area (Å²) in [5.74, 6) is 0.636. The second kappa shape index (κ2) is 7.36. The van der Waals surface area contributed by atoms with Crippen molar-refractivity contribution in [1.82, 2.24) is 5.32 Å². The highest BCUT2D eigenvalue weighted by atomic mass is 16.5. The molecule has 1 saturated heterocycles. The topological polar surface area (TPSA) is 61.7 Å². The van der Waals surface area contributed by atoms with Crippen LogP contribution in [0.1, 0.15) is 37.5 Å². The number of benzene rings is 1. The minimum absolute atomic E-state index is 0.375. The largest absolute Gasteiger partial charge is 0.387 e. The minimum atomic E-state index is -0.777. The van der Waals surface area contributed by atoms with Gasteiger partial charge in [-0.2, -0.15) is 0 Å². The Labute approximate surface area is 127 Å². The summed E-state index contributed by atoms with van der Waals surface area (Å²) in [5, 5.41) is 23.4. The van der Waals surface area contributed by atoms with Gasteiger partial charge in [-0.3, -0.25) is 0 Å². The molecule has 0 amide bonds. The molecule has 118 valence electrons. The van der Waals surface area contributed by atoms with Gasteiger partial charge in [0.2, 0.25) is 0 Å². The van der Waals surface area contributed by atoms with E-state index in [1.165, 1.54) is 5.56 Å². The molecule has 1 heterocycles. The summed E-state index contributed by atoms with van der Waals surface area (Å²) in [6, 6.07) is 8.13. The van der Waals surface area contributed by atoms with Crippen LogP contribution in [0.3, 0.4) is 0 Å². The van der Waals surface area contributed by atoms with Crippen molar-refractivity contribution < 1.29 is 14.9 Å². The van der Waals surface area contributed by atoms with Gasteiger partial charge in [0.05, 0.1) is 12.7 Å². The number of ether oxygens (including phenoxy) is 1. The maximum absolute atomic E-state index is 10.2. The van der Waals surface area contributed by atoms with Gasteiger partial charge in [-0.15, -0.1) is 0 Å². The fourth-order valence-corrected chi connectivity index (χ4v) is 2.64. The van der Waals surface area contributed by atoms with Crippen molar-refractivity contribution in [3.63, 3.8) is 0 Å². The smallest absolute Gasteiger partial charge is 0.102 e. The zero-order valence-corrected chi connectivity index (χ0v) is 13.0. The average molecular weight is 293 g/mol. The van der Waals surface area contributed by atoms with E-state index in [4.69, 9.17) is 4.74 Å². The minimum Gasteiger partial charge on any atom is -0.387 e. The summed E-state index contributed by atoms with van der Waals surface area (Å²) in [5.41, 5.74) is 1.43. The van der Waals surface area contributed by atoms with Crippen LogP contribution in [-0.2, 0) is 11.2 Å². The molecule has 0 aromatic heterocycles. The lowest BCUT2D eigenvalue weighted by Crippen LogP contribution is -2.42. The molecule has 21 heavy (non-hydrogen) atoms. The van der Waals surface area contributed by atoms with Gasteiger partial charge in [0.25, 0.3) is 0 Å². The Hall–Kier alpha value is -0.940. The van der Waals surface area contributed by atoms with Gasteiger partial charge in [0.1, 0.15) is 5.60 Å². The monoisotopic (exact) mass is 293 g/mol. The predicted octanol–water partition coefficient (Wildman–Crippen LogP) is 1.66. The fourth-order valence-electron chi connectivity index (χ4n) is 2.64. The first-order chi connectivity index (χ1) is 9.98. The standard InChI is InChI=1S/C17H27NO3/c1-13(2)9-14-3-5-15(6-4-14)16(19)10-18-11-17(20)7-8-21-12-17/h3-6,13,16,18-20H,7-12H2,1-2H3. The molecule has 0 spiro atoms. The zero-order valence-electron chi connectivity index (χ0n) is 13.0. The Bertz CT molecular complexity index is 424. The lowest BCUT2D eigenvalue weighted by molar-refractivity contribution is 0.0244. The van der Waals surface area contributed by atoms with E-state index in [-0.39, 0.29) is 0 Å². The molecule has 4 nitrogen and oxygen atoms in total. The molecule has 0 saturated carbocycles. The second-order valence-corrected chi connectivity index (χ2v) is 6.51. The molecule has 2 unspecified atom stereocenters. The van der Waals surface area contributed by atoms with Gasteiger partial charge < -0.3 is 20.3 Å². The first-order valence-corrected chi connectivity index (χ1v) is 7.76. The van der Waals surface area contributed by atoms with Crippen LogP contribution in [0.25, 0.3) is 0 Å². The molecule has 1 aromatic rings. The van der Waals surface area contributed by atoms with E-state index >= 15 is 0 Å². The number of hydrogen-bond acceptors (Lipinski definition) is 4. The highest BCUT2D eigenvalue weighted by Crippen LogP contribution is 2.18. The lowest BCUT2D eigenvalue weighted by atomic mass is 10.00. The Morgan fingerprint density at radius 2 is 2.00 bits per heavy atom. The van der Waals surface area contributed by atoms with E-state index in [0.717, 1.165) is 12.0 Å². The van der Waals surface area contributed by atoms with Gasteiger partial charge in [0.15, 0.2) is 0 Å². The molecular formula is C17H27NO3. The normalized spacial score (nSPS) is 23.7. The van der Waals surface area contributed by atoms with Crippen LogP contribution in [0.5, 0.6) is 0 Å². The van der Waals surface area contributed by atoms with Gasteiger partial charge in [-0.05, 0) is 23.5 Å². The van der Waals surface area contributed by atoms with Crippen molar-refractivity contribution in [1.29, 1.82) is 0 Å². The van der Waals surface area contributed by atoms with Crippen molar-refractivity contribution in [3.8, 4) is 0 Å². The number of hydrogen-bond donors (Lipinski definition) is 3. The first-order valence-electron chi connectivity index (χ1n) is 7.76. The number of aliphatic hydroxyl groups is 2. The molecule has 1 aliphatic rings. The summed E-state index contributed by atoms with van der Waals surface area (Å²) in [6.45, 7) is 6.27. The molecule has 0 radical (unpaired) electrons. The van der Waals surface area contributed by atoms with Crippen molar-refractivity contribution in [2.24, 2.45) is 5.92 Å². The van der Waals surface area contributed by atoms with Gasteiger partial charge in [-0.1, -0.05) is 38.1 Å². The third-order valence-electron chi connectivity index (χ3n) is 3.88. The van der Waals surface area contributed by atoms with Crippen LogP contribution in [0.15, 0.2) is 24.3 Å². The summed E-state index contributed by atoms with van der Waals surface area (Å²) >= 11 is 0. The zero-order chi connectivity index (χ0) is 15.3. The third-order valence-corrected chi connectivity index (χ3v) is 3.88. The number of aliphatic hydroxyl groups excluding tert-OH is 1. The highest BCUT2D eigenvalue weighted by molar-refractivity contribution is 5.24. The SMILES string of the molecule is CC(C)Cc1ccc(C(O)CNCC2(O)CCOC2)cc1. The van der Waals surface area contributed by atoms with Crippen molar-refractivity contribution in [3.05, 3.63) is 35.4 Å². The Kier molecular flexibility index (Phi) is 5.76. The molecule has 3 N–H and O–H groups in total. The van der Waals surface area contributed by atoms with Crippen molar-refractivity contribution in [2.45, 2.75) is 38.4 Å². The molecule has 4 heteroatoms. The molecule has 2 atom stereocenters. The molecular weight excluding hydrogens is 266 g/mol. The van der Waals surface area contributed by atoms with Gasteiger partial charge in [0, 0.05) is 26.1 Å². The summed E-state index contributed by atoms with van der Waals surface area (Å²) in [7, 11) is 0. The Balaban J connectivity index is 1.78. The van der Waals surface area contributed by atoms with E-state index in [0.29, 0.717) is 38.6 Å². The summed E-state index contributed by atoms with van der Waals surface area (Å²) in [6.07, 6.45) is 1.16. The Morgan fingerprint density at radius 1 is 1.29 bits per heavy atom. The summed E-state index contributed by atoms with van der Waals surface area (Å²) in [4.78, 5) is 0. The Morgan fingerprint density at radius 3 is 2.57 bits per heavy atom.